The monoisotopic (exact) mass is 308 g/mol. The standard InChI is InChI=1S/C13H12N2O5S/c1-19-7-4-8-10(14-11(7)20-2)15-12(21-8)9(16)5-3-6(5)13(17)18/h4-6H,3H2,1-2H3,(H,17,18). The van der Waals surface area contributed by atoms with E-state index in [-0.39, 0.29) is 10.8 Å². The molecule has 0 radical (unpaired) electrons. The quantitative estimate of drug-likeness (QED) is 0.838. The van der Waals surface area contributed by atoms with E-state index in [4.69, 9.17) is 14.6 Å². The highest BCUT2D eigenvalue weighted by Gasteiger charge is 2.49. The number of methoxy groups -OCH3 is 2. The summed E-state index contributed by atoms with van der Waals surface area (Å²) < 4.78 is 10.9. The van der Waals surface area contributed by atoms with Gasteiger partial charge in [-0.05, 0) is 6.42 Å². The summed E-state index contributed by atoms with van der Waals surface area (Å²) >= 11 is 1.18. The highest BCUT2D eigenvalue weighted by molar-refractivity contribution is 7.20. The number of pyridine rings is 1. The largest absolute Gasteiger partial charge is 0.491 e. The van der Waals surface area contributed by atoms with Gasteiger partial charge in [0.1, 0.15) is 0 Å². The van der Waals surface area contributed by atoms with Gasteiger partial charge in [-0.25, -0.2) is 4.98 Å². The second kappa shape index (κ2) is 4.96. The number of nitrogens with zero attached hydrogens (tertiary/aromatic N) is 2. The van der Waals surface area contributed by atoms with Crippen molar-refractivity contribution in [3.8, 4) is 11.6 Å². The van der Waals surface area contributed by atoms with Crippen molar-refractivity contribution in [2.45, 2.75) is 6.42 Å². The summed E-state index contributed by atoms with van der Waals surface area (Å²) in [6.45, 7) is 0. The maximum Gasteiger partial charge on any atom is 0.307 e. The molecule has 0 spiro atoms. The number of carboxylic acid groups (broad SMARTS) is 1. The highest BCUT2D eigenvalue weighted by atomic mass is 32.1. The SMILES string of the molecule is COc1cc2sc(C(=O)C3CC3C(=O)O)nc2nc1OC. The van der Waals surface area contributed by atoms with Crippen molar-refractivity contribution in [1.82, 2.24) is 9.97 Å². The fourth-order valence-corrected chi connectivity index (χ4v) is 3.09. The summed E-state index contributed by atoms with van der Waals surface area (Å²) in [6.07, 6.45) is 0.379. The van der Waals surface area contributed by atoms with Gasteiger partial charge in [-0.2, -0.15) is 4.98 Å². The Balaban J connectivity index is 1.94. The molecule has 1 fully saturated rings. The molecule has 0 aliphatic heterocycles. The lowest BCUT2D eigenvalue weighted by atomic mass is 10.2. The maximum absolute atomic E-state index is 12.2. The molecule has 3 rings (SSSR count). The number of hydrogen-bond donors (Lipinski definition) is 1. The highest BCUT2D eigenvalue weighted by Crippen LogP contribution is 2.42. The molecule has 7 nitrogen and oxygen atoms in total. The first-order valence-electron chi connectivity index (χ1n) is 6.21. The number of Topliss-reactive ketones (excluding diaryl/α,β-unsaturated/α-hetero) is 1. The van der Waals surface area contributed by atoms with Crippen LogP contribution in [-0.2, 0) is 4.79 Å². The third-order valence-corrected chi connectivity index (χ3v) is 4.39. The van der Waals surface area contributed by atoms with E-state index < -0.39 is 17.8 Å². The normalized spacial score (nSPS) is 20.3. The van der Waals surface area contributed by atoms with Gasteiger partial charge in [0.15, 0.2) is 22.2 Å². The van der Waals surface area contributed by atoms with Gasteiger partial charge in [-0.15, -0.1) is 11.3 Å². The molecule has 110 valence electrons. The molecule has 0 saturated heterocycles. The van der Waals surface area contributed by atoms with Crippen LogP contribution in [0.3, 0.4) is 0 Å². The number of carbonyl (C=O) groups excluding carboxylic acids is 1. The molecule has 2 unspecified atom stereocenters. The van der Waals surface area contributed by atoms with Crippen molar-refractivity contribution in [2.75, 3.05) is 14.2 Å². The minimum atomic E-state index is -0.934. The van der Waals surface area contributed by atoms with E-state index in [9.17, 15) is 9.59 Å². The summed E-state index contributed by atoms with van der Waals surface area (Å²) in [6, 6.07) is 1.71. The molecule has 2 heterocycles. The lowest BCUT2D eigenvalue weighted by molar-refractivity contribution is -0.138. The summed E-state index contributed by atoms with van der Waals surface area (Å²) in [5.74, 6) is -1.46. The number of hydrogen-bond acceptors (Lipinski definition) is 7. The summed E-state index contributed by atoms with van der Waals surface area (Å²) in [4.78, 5) is 31.4. The number of carbonyl (C=O) groups is 2. The van der Waals surface area contributed by atoms with Crippen LogP contribution in [-0.4, -0.2) is 41.0 Å². The fourth-order valence-electron chi connectivity index (χ4n) is 2.14. The Morgan fingerprint density at radius 1 is 1.29 bits per heavy atom. The molecular formula is C13H12N2O5S. The number of carboxylic acids is 1. The zero-order chi connectivity index (χ0) is 15.1. The van der Waals surface area contributed by atoms with Crippen LogP contribution >= 0.6 is 11.3 Å². The Kier molecular flexibility index (Phi) is 3.25. The van der Waals surface area contributed by atoms with E-state index in [1.807, 2.05) is 0 Å². The van der Waals surface area contributed by atoms with Crippen LogP contribution in [0.1, 0.15) is 16.2 Å². The van der Waals surface area contributed by atoms with Gasteiger partial charge in [0, 0.05) is 12.0 Å². The van der Waals surface area contributed by atoms with E-state index in [2.05, 4.69) is 9.97 Å². The lowest BCUT2D eigenvalue weighted by Gasteiger charge is -2.04. The van der Waals surface area contributed by atoms with Crippen molar-refractivity contribution >= 4 is 33.4 Å². The minimum absolute atomic E-state index is 0.233. The molecule has 2 atom stereocenters. The summed E-state index contributed by atoms with van der Waals surface area (Å²) in [5.41, 5.74) is 0.397. The molecule has 1 N–H and O–H groups in total. The van der Waals surface area contributed by atoms with Crippen LogP contribution in [0.5, 0.6) is 11.6 Å². The lowest BCUT2D eigenvalue weighted by Crippen LogP contribution is -2.07. The first-order valence-corrected chi connectivity index (χ1v) is 7.03. The minimum Gasteiger partial charge on any atom is -0.491 e. The molecule has 0 amide bonds. The Morgan fingerprint density at radius 2 is 2.05 bits per heavy atom. The smallest absolute Gasteiger partial charge is 0.307 e. The Bertz CT molecular complexity index is 700. The molecule has 1 saturated carbocycles. The van der Waals surface area contributed by atoms with Gasteiger partial charge in [-0.1, -0.05) is 0 Å². The van der Waals surface area contributed by atoms with E-state index in [1.165, 1.54) is 25.6 Å². The Morgan fingerprint density at radius 3 is 2.62 bits per heavy atom. The first kappa shape index (κ1) is 13.7. The summed E-state index contributed by atoms with van der Waals surface area (Å²) in [5, 5.41) is 9.16. The Labute approximate surface area is 123 Å². The van der Waals surface area contributed by atoms with Crippen molar-refractivity contribution in [3.05, 3.63) is 11.1 Å². The molecule has 0 bridgehead atoms. The van der Waals surface area contributed by atoms with Crippen LogP contribution in [0.15, 0.2) is 6.07 Å². The molecule has 1 aliphatic rings. The third kappa shape index (κ3) is 2.31. The number of thiazole rings is 1. The van der Waals surface area contributed by atoms with E-state index in [1.54, 1.807) is 6.07 Å². The average molecular weight is 308 g/mol. The van der Waals surface area contributed by atoms with Crippen LogP contribution in [0.2, 0.25) is 0 Å². The van der Waals surface area contributed by atoms with Crippen LogP contribution in [0, 0.1) is 11.8 Å². The second-order valence-corrected chi connectivity index (χ2v) is 5.72. The second-order valence-electron chi connectivity index (χ2n) is 4.69. The molecule has 8 heteroatoms. The van der Waals surface area contributed by atoms with Crippen LogP contribution < -0.4 is 9.47 Å². The van der Waals surface area contributed by atoms with Gasteiger partial charge in [-0.3, -0.25) is 9.59 Å². The van der Waals surface area contributed by atoms with Gasteiger partial charge in [0.05, 0.1) is 24.8 Å². The number of aliphatic carboxylic acids is 1. The number of ketones is 1. The molecular weight excluding hydrogens is 296 g/mol. The van der Waals surface area contributed by atoms with Crippen LogP contribution in [0.25, 0.3) is 10.3 Å². The third-order valence-electron chi connectivity index (χ3n) is 3.38. The zero-order valence-electron chi connectivity index (χ0n) is 11.3. The van der Waals surface area contributed by atoms with Crippen molar-refractivity contribution < 1.29 is 24.2 Å². The predicted octanol–water partition coefficient (Wildman–Crippen LogP) is 1.61. The first-order chi connectivity index (χ1) is 10.0. The maximum atomic E-state index is 12.2. The van der Waals surface area contributed by atoms with Crippen molar-refractivity contribution in [2.24, 2.45) is 11.8 Å². The number of rotatable bonds is 5. The fraction of sp³-hybridized carbons (Fsp3) is 0.385. The average Bonchev–Trinajstić information content (AvgIpc) is 3.18. The summed E-state index contributed by atoms with van der Waals surface area (Å²) in [7, 11) is 2.97. The zero-order valence-corrected chi connectivity index (χ0v) is 12.1. The molecule has 1 aliphatic carbocycles. The topological polar surface area (TPSA) is 98.6 Å². The molecule has 2 aromatic rings. The van der Waals surface area contributed by atoms with Gasteiger partial charge >= 0.3 is 5.97 Å². The van der Waals surface area contributed by atoms with Crippen LogP contribution in [0.4, 0.5) is 0 Å². The van der Waals surface area contributed by atoms with Gasteiger partial charge in [0.2, 0.25) is 0 Å². The Hall–Kier alpha value is -2.22. The van der Waals surface area contributed by atoms with E-state index in [0.29, 0.717) is 28.4 Å². The molecule has 21 heavy (non-hydrogen) atoms. The number of aromatic nitrogens is 2. The van der Waals surface area contributed by atoms with E-state index >= 15 is 0 Å². The molecule has 0 aromatic carbocycles. The molecule has 2 aromatic heterocycles. The number of ether oxygens (including phenoxy) is 2. The van der Waals surface area contributed by atoms with E-state index in [0.717, 1.165) is 0 Å². The van der Waals surface area contributed by atoms with Crippen molar-refractivity contribution in [1.29, 1.82) is 0 Å². The predicted molar refractivity (Wildman–Crippen MR) is 74.1 cm³/mol. The number of fused-ring (bicyclic) bond motifs is 1. The van der Waals surface area contributed by atoms with Gasteiger partial charge < -0.3 is 14.6 Å². The van der Waals surface area contributed by atoms with Gasteiger partial charge in [0.25, 0.3) is 5.88 Å². The van der Waals surface area contributed by atoms with Crippen molar-refractivity contribution in [3.63, 3.8) is 0 Å².